The number of amides is 6. The van der Waals surface area contributed by atoms with Gasteiger partial charge in [0, 0.05) is 19.1 Å². The number of hydrogen-bond donors (Lipinski definition) is 1. The summed E-state index contributed by atoms with van der Waals surface area (Å²) in [7, 11) is 1.43. The van der Waals surface area contributed by atoms with E-state index in [1.165, 1.54) is 7.05 Å². The van der Waals surface area contributed by atoms with Crippen molar-refractivity contribution in [3.63, 3.8) is 0 Å². The molecule has 6 amide bonds. The van der Waals surface area contributed by atoms with Gasteiger partial charge < -0.3 is 10.2 Å². The highest BCUT2D eigenvalue weighted by Crippen LogP contribution is 2.31. The van der Waals surface area contributed by atoms with Crippen molar-refractivity contribution in [2.45, 2.75) is 57.5 Å². The Hall–Kier alpha value is -2.45. The lowest BCUT2D eigenvalue weighted by atomic mass is 9.85. The fourth-order valence-corrected chi connectivity index (χ4v) is 3.69. The highest BCUT2D eigenvalue weighted by Gasteiger charge is 2.49. The van der Waals surface area contributed by atoms with Crippen LogP contribution in [0.4, 0.5) is 4.79 Å². The van der Waals surface area contributed by atoms with Crippen LogP contribution < -0.4 is 5.32 Å². The quantitative estimate of drug-likeness (QED) is 0.521. The Morgan fingerprint density at radius 3 is 2.37 bits per heavy atom. The summed E-state index contributed by atoms with van der Waals surface area (Å²) in [5, 5.41) is 2.77. The second kappa shape index (κ2) is 7.66. The van der Waals surface area contributed by atoms with Crippen LogP contribution >= 0.6 is 0 Å². The fraction of sp³-hybridized carbons (Fsp3) is 0.722. The molecular formula is C18H26N4O5. The minimum absolute atomic E-state index is 0.129. The highest BCUT2D eigenvalue weighted by atomic mass is 16.2. The molecule has 0 spiro atoms. The summed E-state index contributed by atoms with van der Waals surface area (Å²) in [6, 6.07) is -0.843. The first-order chi connectivity index (χ1) is 12.8. The monoisotopic (exact) mass is 378 g/mol. The lowest BCUT2D eigenvalue weighted by molar-refractivity contribution is -0.146. The number of nitrogens with zero attached hydrogens (tertiary/aromatic N) is 3. The molecule has 2 aliphatic carbocycles. The second-order valence-electron chi connectivity index (χ2n) is 7.77. The smallest absolute Gasteiger partial charge is 0.334 e. The predicted molar refractivity (Wildman–Crippen MR) is 94.2 cm³/mol. The zero-order valence-corrected chi connectivity index (χ0v) is 15.8. The maximum Gasteiger partial charge on any atom is 0.334 e. The van der Waals surface area contributed by atoms with Crippen LogP contribution in [0.3, 0.4) is 0 Å². The van der Waals surface area contributed by atoms with E-state index in [4.69, 9.17) is 0 Å². The average molecular weight is 378 g/mol. The molecule has 0 bridgehead atoms. The van der Waals surface area contributed by atoms with Crippen LogP contribution in [0.1, 0.15) is 45.4 Å². The molecule has 3 aliphatic rings. The Bertz CT molecular complexity index is 675. The van der Waals surface area contributed by atoms with Crippen LogP contribution in [0, 0.1) is 5.92 Å². The summed E-state index contributed by atoms with van der Waals surface area (Å²) in [5.74, 6) is -2.54. The zero-order valence-electron chi connectivity index (χ0n) is 15.8. The van der Waals surface area contributed by atoms with Crippen molar-refractivity contribution in [2.75, 3.05) is 20.1 Å². The number of nitrogens with one attached hydrogen (secondary N) is 1. The van der Waals surface area contributed by atoms with Crippen molar-refractivity contribution >= 4 is 29.7 Å². The van der Waals surface area contributed by atoms with E-state index < -0.39 is 30.3 Å². The standard InChI is InChI=1S/C18H26N4O5/c1-11-5-3-4-6-13(11)22-17(26)16(25)21(18(22)27)10-15(24)20(2)9-14(23)19-12-7-8-12/h11-13H,3-10H2,1-2H3,(H,19,23)/t11-,13-/m1/s1. The first-order valence-corrected chi connectivity index (χ1v) is 9.52. The molecule has 1 saturated heterocycles. The molecule has 9 nitrogen and oxygen atoms in total. The Labute approximate surface area is 158 Å². The minimum Gasteiger partial charge on any atom is -0.352 e. The largest absolute Gasteiger partial charge is 0.352 e. The van der Waals surface area contributed by atoms with Gasteiger partial charge >= 0.3 is 17.8 Å². The molecule has 0 aromatic carbocycles. The Morgan fingerprint density at radius 1 is 1.07 bits per heavy atom. The number of likely N-dealkylation sites (N-methyl/N-ethyl adjacent to an activating group) is 1. The van der Waals surface area contributed by atoms with E-state index in [-0.39, 0.29) is 30.5 Å². The normalized spacial score (nSPS) is 25.8. The molecule has 0 aromatic rings. The first-order valence-electron chi connectivity index (χ1n) is 9.52. The lowest BCUT2D eigenvalue weighted by Gasteiger charge is -2.34. The number of urea groups is 1. The van der Waals surface area contributed by atoms with Gasteiger partial charge in [0.05, 0.1) is 6.54 Å². The van der Waals surface area contributed by atoms with Gasteiger partial charge in [-0.05, 0) is 31.6 Å². The maximum atomic E-state index is 12.7. The van der Waals surface area contributed by atoms with Gasteiger partial charge in [-0.1, -0.05) is 19.8 Å². The molecule has 1 heterocycles. The van der Waals surface area contributed by atoms with Gasteiger partial charge in [0.25, 0.3) is 0 Å². The molecular weight excluding hydrogens is 352 g/mol. The molecule has 148 valence electrons. The van der Waals surface area contributed by atoms with Gasteiger partial charge in [-0.3, -0.25) is 24.1 Å². The van der Waals surface area contributed by atoms with Crippen LogP contribution in [0.5, 0.6) is 0 Å². The molecule has 0 radical (unpaired) electrons. The van der Waals surface area contributed by atoms with Gasteiger partial charge in [-0.15, -0.1) is 0 Å². The van der Waals surface area contributed by atoms with Crippen molar-refractivity contribution in [1.82, 2.24) is 20.0 Å². The Morgan fingerprint density at radius 2 is 1.74 bits per heavy atom. The molecule has 9 heteroatoms. The Kier molecular flexibility index (Phi) is 5.48. The van der Waals surface area contributed by atoms with E-state index in [0.29, 0.717) is 11.3 Å². The van der Waals surface area contributed by atoms with E-state index in [1.807, 2.05) is 6.92 Å². The number of imide groups is 2. The van der Waals surface area contributed by atoms with Crippen LogP contribution in [-0.4, -0.2) is 76.6 Å². The molecule has 2 atom stereocenters. The maximum absolute atomic E-state index is 12.7. The van der Waals surface area contributed by atoms with Crippen LogP contribution in [0.15, 0.2) is 0 Å². The third-order valence-electron chi connectivity index (χ3n) is 5.52. The zero-order chi connectivity index (χ0) is 19.7. The lowest BCUT2D eigenvalue weighted by Crippen LogP contribution is -2.48. The van der Waals surface area contributed by atoms with Crippen molar-refractivity contribution in [2.24, 2.45) is 5.92 Å². The molecule has 1 aliphatic heterocycles. The van der Waals surface area contributed by atoms with Crippen molar-refractivity contribution in [3.8, 4) is 0 Å². The topological polar surface area (TPSA) is 107 Å². The Balaban J connectivity index is 1.61. The van der Waals surface area contributed by atoms with Crippen LogP contribution in [-0.2, 0) is 19.2 Å². The molecule has 1 N–H and O–H groups in total. The first kappa shape index (κ1) is 19.3. The third kappa shape index (κ3) is 4.12. The van der Waals surface area contributed by atoms with E-state index in [2.05, 4.69) is 5.32 Å². The summed E-state index contributed by atoms with van der Waals surface area (Å²) in [6.07, 6.45) is 5.40. The number of carbonyl (C=O) groups is 5. The molecule has 2 saturated carbocycles. The number of hydrogen-bond acceptors (Lipinski definition) is 5. The molecule has 3 rings (SSSR count). The second-order valence-corrected chi connectivity index (χ2v) is 7.77. The summed E-state index contributed by atoms with van der Waals surface area (Å²) in [5.41, 5.74) is 0. The van der Waals surface area contributed by atoms with E-state index >= 15 is 0 Å². The van der Waals surface area contributed by atoms with E-state index in [1.54, 1.807) is 0 Å². The van der Waals surface area contributed by atoms with Gasteiger partial charge in [0.2, 0.25) is 11.8 Å². The van der Waals surface area contributed by atoms with Crippen LogP contribution in [0.2, 0.25) is 0 Å². The van der Waals surface area contributed by atoms with E-state index in [9.17, 15) is 24.0 Å². The molecule has 27 heavy (non-hydrogen) atoms. The van der Waals surface area contributed by atoms with Gasteiger partial charge in [-0.25, -0.2) is 9.69 Å². The average Bonchev–Trinajstić information content (AvgIpc) is 3.40. The number of rotatable bonds is 6. The summed E-state index contributed by atoms with van der Waals surface area (Å²) >= 11 is 0. The predicted octanol–water partition coefficient (Wildman–Crippen LogP) is 0.0929. The molecule has 0 aromatic heterocycles. The molecule has 3 fully saturated rings. The fourth-order valence-electron chi connectivity index (χ4n) is 3.69. The summed E-state index contributed by atoms with van der Waals surface area (Å²) < 4.78 is 0. The van der Waals surface area contributed by atoms with Gasteiger partial charge in [0.1, 0.15) is 6.54 Å². The van der Waals surface area contributed by atoms with Crippen molar-refractivity contribution < 1.29 is 24.0 Å². The van der Waals surface area contributed by atoms with Crippen LogP contribution in [0.25, 0.3) is 0 Å². The van der Waals surface area contributed by atoms with Gasteiger partial charge in [0.15, 0.2) is 0 Å². The number of carbonyl (C=O) groups excluding carboxylic acids is 5. The van der Waals surface area contributed by atoms with Crippen molar-refractivity contribution in [3.05, 3.63) is 0 Å². The minimum atomic E-state index is -0.970. The highest BCUT2D eigenvalue weighted by molar-refractivity contribution is 6.45. The van der Waals surface area contributed by atoms with E-state index in [0.717, 1.165) is 41.9 Å². The van der Waals surface area contributed by atoms with Gasteiger partial charge in [-0.2, -0.15) is 0 Å². The molecule has 0 unspecified atom stereocenters. The van der Waals surface area contributed by atoms with Crippen molar-refractivity contribution in [1.29, 1.82) is 0 Å². The summed E-state index contributed by atoms with van der Waals surface area (Å²) in [6.45, 7) is 1.28. The summed E-state index contributed by atoms with van der Waals surface area (Å²) in [4.78, 5) is 64.3. The SMILES string of the molecule is C[C@@H]1CCCC[C@H]1N1C(=O)C(=O)N(CC(=O)N(C)CC(=O)NC2CC2)C1=O. The third-order valence-corrected chi connectivity index (χ3v) is 5.52.